The van der Waals surface area contributed by atoms with Crippen LogP contribution in [0, 0.1) is 6.92 Å². The van der Waals surface area contributed by atoms with Crippen molar-refractivity contribution in [2.75, 3.05) is 0 Å². The first-order chi connectivity index (χ1) is 9.04. The number of aromatic nitrogens is 1. The molecule has 1 atom stereocenters. The maximum Gasteiger partial charge on any atom is 0.119 e. The summed E-state index contributed by atoms with van der Waals surface area (Å²) >= 11 is 1.59. The van der Waals surface area contributed by atoms with E-state index in [0.29, 0.717) is 6.42 Å². The highest BCUT2D eigenvalue weighted by molar-refractivity contribution is 7.09. The number of hydrogen-bond donors (Lipinski definition) is 1. The molecule has 19 heavy (non-hydrogen) atoms. The zero-order valence-electron chi connectivity index (χ0n) is 11.5. The second kappa shape index (κ2) is 6.17. The number of aryl methyl sites for hydroxylation is 1. The molecule has 1 heterocycles. The second-order valence-corrected chi connectivity index (χ2v) is 5.78. The van der Waals surface area contributed by atoms with E-state index in [0.717, 1.165) is 22.0 Å². The first-order valence-corrected chi connectivity index (χ1v) is 7.28. The Bertz CT molecular complexity index is 519. The second-order valence-electron chi connectivity index (χ2n) is 4.84. The van der Waals surface area contributed by atoms with Gasteiger partial charge in [-0.05, 0) is 38.5 Å². The average molecular weight is 277 g/mol. The Labute approximate surface area is 117 Å². The molecule has 0 aliphatic carbocycles. The minimum Gasteiger partial charge on any atom is -0.491 e. The van der Waals surface area contributed by atoms with Gasteiger partial charge >= 0.3 is 0 Å². The number of benzene rings is 1. The highest BCUT2D eigenvalue weighted by Gasteiger charge is 2.11. The lowest BCUT2D eigenvalue weighted by Gasteiger charge is -2.12. The molecule has 1 aromatic carbocycles. The van der Waals surface area contributed by atoms with E-state index in [2.05, 4.69) is 4.98 Å². The molecule has 0 saturated heterocycles. The van der Waals surface area contributed by atoms with Crippen LogP contribution in [-0.4, -0.2) is 16.2 Å². The van der Waals surface area contributed by atoms with Crippen molar-refractivity contribution in [2.24, 2.45) is 0 Å². The highest BCUT2D eigenvalue weighted by Crippen LogP contribution is 2.23. The molecule has 0 spiro atoms. The fourth-order valence-corrected chi connectivity index (χ4v) is 2.63. The number of ether oxygens (including phenoxy) is 1. The molecule has 0 bridgehead atoms. The summed E-state index contributed by atoms with van der Waals surface area (Å²) in [6.45, 7) is 5.95. The molecule has 1 N–H and O–H groups in total. The quantitative estimate of drug-likeness (QED) is 0.909. The smallest absolute Gasteiger partial charge is 0.119 e. The number of hydrogen-bond acceptors (Lipinski definition) is 4. The lowest BCUT2D eigenvalue weighted by atomic mass is 10.1. The van der Waals surface area contributed by atoms with Crippen LogP contribution in [0.2, 0.25) is 0 Å². The minimum absolute atomic E-state index is 0.161. The Balaban J connectivity index is 2.01. The van der Waals surface area contributed by atoms with Gasteiger partial charge < -0.3 is 9.84 Å². The van der Waals surface area contributed by atoms with Crippen molar-refractivity contribution < 1.29 is 9.84 Å². The van der Waals surface area contributed by atoms with Crippen molar-refractivity contribution in [3.05, 3.63) is 45.9 Å². The fraction of sp³-hybridized carbons (Fsp3) is 0.400. The van der Waals surface area contributed by atoms with Crippen molar-refractivity contribution in [3.63, 3.8) is 0 Å². The zero-order chi connectivity index (χ0) is 13.8. The first-order valence-electron chi connectivity index (χ1n) is 6.40. The van der Waals surface area contributed by atoms with Gasteiger partial charge in [-0.2, -0.15) is 0 Å². The van der Waals surface area contributed by atoms with Crippen LogP contribution in [0.3, 0.4) is 0 Å². The minimum atomic E-state index is -0.515. The molecule has 0 aliphatic rings. The average Bonchev–Trinajstić information content (AvgIpc) is 2.75. The predicted octanol–water partition coefficient (Wildman–Crippen LogP) is 3.51. The molecule has 102 valence electrons. The van der Waals surface area contributed by atoms with Crippen molar-refractivity contribution in [2.45, 2.75) is 39.4 Å². The van der Waals surface area contributed by atoms with Gasteiger partial charge in [0.25, 0.3) is 0 Å². The van der Waals surface area contributed by atoms with Crippen LogP contribution in [0.1, 0.15) is 36.2 Å². The lowest BCUT2D eigenvalue weighted by Crippen LogP contribution is -2.06. The summed E-state index contributed by atoms with van der Waals surface area (Å²) in [5.74, 6) is 0.830. The topological polar surface area (TPSA) is 42.4 Å². The fourth-order valence-electron chi connectivity index (χ4n) is 1.82. The molecule has 3 nitrogen and oxygen atoms in total. The van der Waals surface area contributed by atoms with Crippen LogP contribution in [-0.2, 0) is 6.42 Å². The normalized spacial score (nSPS) is 12.7. The molecule has 1 aromatic heterocycles. The van der Waals surface area contributed by atoms with E-state index in [1.54, 1.807) is 11.3 Å². The van der Waals surface area contributed by atoms with Crippen molar-refractivity contribution >= 4 is 11.3 Å². The molecule has 0 aliphatic heterocycles. The molecular weight excluding hydrogens is 258 g/mol. The summed E-state index contributed by atoms with van der Waals surface area (Å²) in [7, 11) is 0. The molecule has 0 amide bonds. The Morgan fingerprint density at radius 1 is 1.26 bits per heavy atom. The summed E-state index contributed by atoms with van der Waals surface area (Å²) in [6, 6.07) is 7.60. The molecule has 2 aromatic rings. The molecule has 4 heteroatoms. The zero-order valence-corrected chi connectivity index (χ0v) is 12.3. The van der Waals surface area contributed by atoms with E-state index in [1.807, 2.05) is 50.4 Å². The SMILES string of the molecule is Cc1csc(CC(O)c2ccc(OC(C)C)cc2)n1. The molecule has 0 radical (unpaired) electrons. The number of thiazole rings is 1. The summed E-state index contributed by atoms with van der Waals surface area (Å²) in [5, 5.41) is 13.1. The summed E-state index contributed by atoms with van der Waals surface area (Å²) in [5.41, 5.74) is 1.90. The Kier molecular flexibility index (Phi) is 4.56. The van der Waals surface area contributed by atoms with Gasteiger partial charge in [0, 0.05) is 17.5 Å². The van der Waals surface area contributed by atoms with Gasteiger partial charge in [-0.25, -0.2) is 4.98 Å². The number of rotatable bonds is 5. The van der Waals surface area contributed by atoms with Crippen LogP contribution in [0.4, 0.5) is 0 Å². The number of nitrogens with zero attached hydrogens (tertiary/aromatic N) is 1. The standard InChI is InChI=1S/C15H19NO2S/c1-10(2)18-13-6-4-12(5-7-13)14(17)8-15-16-11(3)9-19-15/h4-7,9-10,14,17H,8H2,1-3H3. The lowest BCUT2D eigenvalue weighted by molar-refractivity contribution is 0.178. The number of aliphatic hydroxyl groups is 1. The van der Waals surface area contributed by atoms with Gasteiger partial charge in [-0.3, -0.25) is 0 Å². The Morgan fingerprint density at radius 3 is 2.47 bits per heavy atom. The Morgan fingerprint density at radius 2 is 1.95 bits per heavy atom. The van der Waals surface area contributed by atoms with E-state index in [-0.39, 0.29) is 6.10 Å². The van der Waals surface area contributed by atoms with Crippen LogP contribution in [0.25, 0.3) is 0 Å². The van der Waals surface area contributed by atoms with Crippen LogP contribution in [0.5, 0.6) is 5.75 Å². The largest absolute Gasteiger partial charge is 0.491 e. The summed E-state index contributed by atoms with van der Waals surface area (Å²) < 4.78 is 5.58. The van der Waals surface area contributed by atoms with Crippen LogP contribution < -0.4 is 4.74 Å². The molecule has 1 unspecified atom stereocenters. The van der Waals surface area contributed by atoms with Gasteiger partial charge in [0.2, 0.25) is 0 Å². The summed E-state index contributed by atoms with van der Waals surface area (Å²) in [4.78, 5) is 4.37. The molecule has 2 rings (SSSR count). The van der Waals surface area contributed by atoms with Crippen LogP contribution >= 0.6 is 11.3 Å². The third kappa shape index (κ3) is 4.04. The maximum absolute atomic E-state index is 10.2. The summed E-state index contributed by atoms with van der Waals surface area (Å²) in [6.07, 6.45) is 0.204. The van der Waals surface area contributed by atoms with Crippen LogP contribution in [0.15, 0.2) is 29.6 Å². The third-order valence-electron chi connectivity index (χ3n) is 2.67. The van der Waals surface area contributed by atoms with Gasteiger partial charge in [-0.1, -0.05) is 12.1 Å². The molecular formula is C15H19NO2S. The van der Waals surface area contributed by atoms with E-state index in [1.165, 1.54) is 0 Å². The highest BCUT2D eigenvalue weighted by atomic mass is 32.1. The van der Waals surface area contributed by atoms with E-state index in [4.69, 9.17) is 4.74 Å². The van der Waals surface area contributed by atoms with Crippen molar-refractivity contribution in [1.82, 2.24) is 4.98 Å². The predicted molar refractivity (Wildman–Crippen MR) is 77.7 cm³/mol. The van der Waals surface area contributed by atoms with E-state index >= 15 is 0 Å². The van der Waals surface area contributed by atoms with Gasteiger partial charge in [0.05, 0.1) is 17.2 Å². The third-order valence-corrected chi connectivity index (χ3v) is 3.66. The van der Waals surface area contributed by atoms with E-state index in [9.17, 15) is 5.11 Å². The molecule has 0 fully saturated rings. The van der Waals surface area contributed by atoms with E-state index < -0.39 is 6.10 Å². The van der Waals surface area contributed by atoms with Gasteiger partial charge in [-0.15, -0.1) is 11.3 Å². The Hall–Kier alpha value is -1.39. The van der Waals surface area contributed by atoms with Gasteiger partial charge in [0.1, 0.15) is 5.75 Å². The maximum atomic E-state index is 10.2. The van der Waals surface area contributed by atoms with Gasteiger partial charge in [0.15, 0.2) is 0 Å². The van der Waals surface area contributed by atoms with Crippen molar-refractivity contribution in [3.8, 4) is 5.75 Å². The monoisotopic (exact) mass is 277 g/mol. The molecule has 0 saturated carbocycles. The first kappa shape index (κ1) is 14.0. The number of aliphatic hydroxyl groups excluding tert-OH is 1. The van der Waals surface area contributed by atoms with Crippen molar-refractivity contribution in [1.29, 1.82) is 0 Å².